The van der Waals surface area contributed by atoms with Crippen LogP contribution in [0.1, 0.15) is 40.2 Å². The standard InChI is InChI=1S/C22H30N2O7/c1-7-29-18(25)22(19(26)30-8-2,24-20(27)31-21(3,4)5)12-14-13-23-17-10-9-15(28-6)11-16(14)17/h9-11,13,23H,7-8,12H2,1-6H3,(H,24,27). The number of aromatic amines is 1. The highest BCUT2D eigenvalue weighted by Gasteiger charge is 2.51. The Bertz CT molecular complexity index is 925. The van der Waals surface area contributed by atoms with Crippen LogP contribution in [-0.4, -0.2) is 54.5 Å². The van der Waals surface area contributed by atoms with Crippen LogP contribution in [0.2, 0.25) is 0 Å². The monoisotopic (exact) mass is 434 g/mol. The fourth-order valence-electron chi connectivity index (χ4n) is 3.08. The summed E-state index contributed by atoms with van der Waals surface area (Å²) in [5.74, 6) is -1.26. The summed E-state index contributed by atoms with van der Waals surface area (Å²) in [6.07, 6.45) is 0.511. The molecule has 0 radical (unpaired) electrons. The van der Waals surface area contributed by atoms with Gasteiger partial charge in [0, 0.05) is 23.5 Å². The van der Waals surface area contributed by atoms with E-state index in [2.05, 4.69) is 10.3 Å². The van der Waals surface area contributed by atoms with Crippen molar-refractivity contribution >= 4 is 28.9 Å². The molecule has 0 fully saturated rings. The molecule has 1 aromatic heterocycles. The number of esters is 2. The molecule has 1 amide bonds. The van der Waals surface area contributed by atoms with Gasteiger partial charge in [-0.2, -0.15) is 0 Å². The third-order valence-electron chi connectivity index (χ3n) is 4.39. The topological polar surface area (TPSA) is 116 Å². The summed E-state index contributed by atoms with van der Waals surface area (Å²) in [6, 6.07) is 5.37. The number of fused-ring (bicyclic) bond motifs is 1. The van der Waals surface area contributed by atoms with Gasteiger partial charge < -0.3 is 23.9 Å². The fraction of sp³-hybridized carbons (Fsp3) is 0.500. The zero-order chi connectivity index (χ0) is 23.2. The van der Waals surface area contributed by atoms with Crippen LogP contribution < -0.4 is 10.1 Å². The highest BCUT2D eigenvalue weighted by molar-refractivity contribution is 6.08. The number of alkyl carbamates (subject to hydrolysis) is 1. The number of benzene rings is 1. The van der Waals surface area contributed by atoms with Gasteiger partial charge in [-0.15, -0.1) is 0 Å². The highest BCUT2D eigenvalue weighted by Crippen LogP contribution is 2.28. The largest absolute Gasteiger partial charge is 0.497 e. The smallest absolute Gasteiger partial charge is 0.409 e. The molecule has 0 saturated heterocycles. The van der Waals surface area contributed by atoms with E-state index in [4.69, 9.17) is 18.9 Å². The van der Waals surface area contributed by atoms with Crippen molar-refractivity contribution in [3.8, 4) is 5.75 Å². The van der Waals surface area contributed by atoms with Crippen molar-refractivity contribution in [2.45, 2.75) is 52.2 Å². The van der Waals surface area contributed by atoms with Crippen molar-refractivity contribution in [3.63, 3.8) is 0 Å². The number of hydrogen-bond donors (Lipinski definition) is 2. The average Bonchev–Trinajstić information content (AvgIpc) is 3.08. The zero-order valence-corrected chi connectivity index (χ0v) is 18.8. The Morgan fingerprint density at radius 2 is 1.65 bits per heavy atom. The molecule has 2 N–H and O–H groups in total. The minimum Gasteiger partial charge on any atom is -0.497 e. The van der Waals surface area contributed by atoms with E-state index in [0.29, 0.717) is 11.3 Å². The molecule has 0 saturated carbocycles. The first-order valence-electron chi connectivity index (χ1n) is 10.1. The van der Waals surface area contributed by atoms with Crippen LogP contribution in [-0.2, 0) is 30.2 Å². The second-order valence-corrected chi connectivity index (χ2v) is 7.88. The second kappa shape index (κ2) is 9.72. The van der Waals surface area contributed by atoms with Gasteiger partial charge in [0.25, 0.3) is 0 Å². The Morgan fingerprint density at radius 1 is 1.03 bits per heavy atom. The third-order valence-corrected chi connectivity index (χ3v) is 4.39. The number of hydrogen-bond acceptors (Lipinski definition) is 7. The molecule has 170 valence electrons. The molecule has 0 unspecified atom stereocenters. The first-order valence-corrected chi connectivity index (χ1v) is 10.1. The number of ether oxygens (including phenoxy) is 4. The van der Waals surface area contributed by atoms with Crippen LogP contribution in [0.3, 0.4) is 0 Å². The van der Waals surface area contributed by atoms with E-state index in [1.165, 1.54) is 0 Å². The molecule has 0 atom stereocenters. The van der Waals surface area contributed by atoms with Gasteiger partial charge in [0.1, 0.15) is 11.4 Å². The molecule has 0 bridgehead atoms. The van der Waals surface area contributed by atoms with Gasteiger partial charge >= 0.3 is 18.0 Å². The minimum absolute atomic E-state index is 0.0116. The highest BCUT2D eigenvalue weighted by atomic mass is 16.6. The number of methoxy groups -OCH3 is 1. The summed E-state index contributed by atoms with van der Waals surface area (Å²) < 4.78 is 20.9. The van der Waals surface area contributed by atoms with Crippen molar-refractivity contribution in [3.05, 3.63) is 30.0 Å². The SMILES string of the molecule is CCOC(=O)C(Cc1c[nH]c2ccc(OC)cc12)(NC(=O)OC(C)(C)C)C(=O)OCC. The second-order valence-electron chi connectivity index (χ2n) is 7.88. The summed E-state index contributed by atoms with van der Waals surface area (Å²) in [7, 11) is 1.54. The predicted molar refractivity (Wildman–Crippen MR) is 114 cm³/mol. The van der Waals surface area contributed by atoms with Crippen LogP contribution in [0.5, 0.6) is 5.75 Å². The molecular formula is C22H30N2O7. The maximum Gasteiger partial charge on any atom is 0.409 e. The summed E-state index contributed by atoms with van der Waals surface area (Å²) in [5.41, 5.74) is -1.61. The van der Waals surface area contributed by atoms with Crippen LogP contribution in [0.4, 0.5) is 4.79 Å². The molecule has 9 nitrogen and oxygen atoms in total. The van der Waals surface area contributed by atoms with E-state index in [1.807, 2.05) is 6.07 Å². The average molecular weight is 434 g/mol. The lowest BCUT2D eigenvalue weighted by atomic mass is 9.90. The number of amides is 1. The Labute approximate surface area is 181 Å². The minimum atomic E-state index is -2.13. The molecule has 0 aliphatic heterocycles. The van der Waals surface area contributed by atoms with Gasteiger partial charge in [-0.25, -0.2) is 14.4 Å². The number of H-pyrrole nitrogens is 1. The normalized spacial score (nSPS) is 11.7. The van der Waals surface area contributed by atoms with Gasteiger partial charge in [-0.3, -0.25) is 5.32 Å². The molecule has 0 spiro atoms. The first-order chi connectivity index (χ1) is 14.6. The Kier molecular flexibility index (Phi) is 7.54. The quantitative estimate of drug-likeness (QED) is 0.372. The molecule has 0 aliphatic carbocycles. The summed E-state index contributed by atoms with van der Waals surface area (Å²) in [5, 5.41) is 3.16. The molecule has 2 rings (SSSR count). The fourth-order valence-corrected chi connectivity index (χ4v) is 3.08. The van der Waals surface area contributed by atoms with Gasteiger partial charge in [0.05, 0.1) is 20.3 Å². The maximum atomic E-state index is 13.0. The molecule has 0 aliphatic rings. The van der Waals surface area contributed by atoms with E-state index >= 15 is 0 Å². The van der Waals surface area contributed by atoms with Crippen LogP contribution in [0.25, 0.3) is 10.9 Å². The Balaban J connectivity index is 2.57. The summed E-state index contributed by atoms with van der Waals surface area (Å²) in [4.78, 5) is 41.8. The van der Waals surface area contributed by atoms with Crippen LogP contribution in [0, 0.1) is 0 Å². The number of aromatic nitrogens is 1. The van der Waals surface area contributed by atoms with E-state index in [-0.39, 0.29) is 19.6 Å². The first kappa shape index (κ1) is 24.0. The Hall–Kier alpha value is -3.23. The van der Waals surface area contributed by atoms with Gasteiger partial charge in [-0.1, -0.05) is 0 Å². The van der Waals surface area contributed by atoms with E-state index < -0.39 is 29.2 Å². The zero-order valence-electron chi connectivity index (χ0n) is 18.8. The van der Waals surface area contributed by atoms with E-state index in [9.17, 15) is 14.4 Å². The third kappa shape index (κ3) is 5.68. The maximum absolute atomic E-state index is 13.0. The van der Waals surface area contributed by atoms with Crippen molar-refractivity contribution in [2.75, 3.05) is 20.3 Å². The molecule has 31 heavy (non-hydrogen) atoms. The number of carbonyl (C=O) groups is 3. The predicted octanol–water partition coefficient (Wildman–Crippen LogP) is 3.11. The molecule has 2 aromatic rings. The van der Waals surface area contributed by atoms with E-state index in [0.717, 1.165) is 10.9 Å². The lowest BCUT2D eigenvalue weighted by Gasteiger charge is -2.31. The number of carbonyl (C=O) groups excluding carboxylic acids is 3. The van der Waals surface area contributed by atoms with Crippen molar-refractivity contribution in [1.82, 2.24) is 10.3 Å². The van der Waals surface area contributed by atoms with Crippen LogP contribution in [0.15, 0.2) is 24.4 Å². The van der Waals surface area contributed by atoms with Gasteiger partial charge in [-0.05, 0) is 58.4 Å². The molecule has 9 heteroatoms. The van der Waals surface area contributed by atoms with Crippen LogP contribution >= 0.6 is 0 Å². The van der Waals surface area contributed by atoms with Gasteiger partial charge in [0.15, 0.2) is 0 Å². The van der Waals surface area contributed by atoms with Crippen molar-refractivity contribution in [1.29, 1.82) is 0 Å². The number of rotatable bonds is 8. The molecule has 1 aromatic carbocycles. The molecular weight excluding hydrogens is 404 g/mol. The number of nitrogens with one attached hydrogen (secondary N) is 2. The van der Waals surface area contributed by atoms with Crippen molar-refractivity contribution < 1.29 is 33.3 Å². The van der Waals surface area contributed by atoms with E-state index in [1.54, 1.807) is 60.1 Å². The van der Waals surface area contributed by atoms with Crippen molar-refractivity contribution in [2.24, 2.45) is 0 Å². The van der Waals surface area contributed by atoms with Gasteiger partial charge in [0.2, 0.25) is 5.54 Å². The molecule has 1 heterocycles. The lowest BCUT2D eigenvalue weighted by molar-refractivity contribution is -0.166. The summed E-state index contributed by atoms with van der Waals surface area (Å²) >= 11 is 0. The summed E-state index contributed by atoms with van der Waals surface area (Å²) in [6.45, 7) is 8.27. The lowest BCUT2D eigenvalue weighted by Crippen LogP contribution is -2.63. The Morgan fingerprint density at radius 3 is 2.16 bits per heavy atom.